The van der Waals surface area contributed by atoms with Crippen LogP contribution in [0.1, 0.15) is 29.1 Å². The van der Waals surface area contributed by atoms with Crippen LogP contribution in [0.5, 0.6) is 0 Å². The summed E-state index contributed by atoms with van der Waals surface area (Å²) in [5, 5.41) is 2.88. The molecule has 3 aromatic rings. The van der Waals surface area contributed by atoms with Gasteiger partial charge in [-0.15, -0.1) is 11.3 Å². The first-order chi connectivity index (χ1) is 14.4. The Bertz CT molecular complexity index is 1130. The fraction of sp³-hybridized carbons (Fsp3) is 0.333. The zero-order valence-corrected chi connectivity index (χ0v) is 18.4. The number of hydrogen-bond donors (Lipinski definition) is 1. The van der Waals surface area contributed by atoms with Crippen molar-refractivity contribution in [3.63, 3.8) is 0 Å². The van der Waals surface area contributed by atoms with Gasteiger partial charge in [-0.25, -0.2) is 13.4 Å². The highest BCUT2D eigenvalue weighted by molar-refractivity contribution is 7.91. The molecule has 0 radical (unpaired) electrons. The normalized spacial score (nSPS) is 14.8. The standard InChI is InChI=1S/C21H24N4O3S2/c1-16-22-10-13-24(16)15-17-4-6-18(7-5-17)23-20(26)14-19-8-9-21(29-19)30(27,28)25-11-2-3-12-25/h4-10,13H,2-3,11-12,14-15H2,1H3,(H,23,26). The number of aromatic nitrogens is 2. The van der Waals surface area contributed by atoms with Crippen LogP contribution in [0.2, 0.25) is 0 Å². The molecule has 0 bridgehead atoms. The number of nitrogens with zero attached hydrogens (tertiary/aromatic N) is 3. The third kappa shape index (κ3) is 4.63. The van der Waals surface area contributed by atoms with Crippen molar-refractivity contribution in [2.24, 2.45) is 0 Å². The van der Waals surface area contributed by atoms with Crippen LogP contribution in [-0.4, -0.2) is 41.3 Å². The van der Waals surface area contributed by atoms with Crippen molar-refractivity contribution in [2.45, 2.75) is 36.9 Å². The van der Waals surface area contributed by atoms with E-state index >= 15 is 0 Å². The molecule has 3 heterocycles. The molecule has 0 atom stereocenters. The van der Waals surface area contributed by atoms with Gasteiger partial charge in [0.05, 0.1) is 6.42 Å². The first-order valence-electron chi connectivity index (χ1n) is 9.87. The van der Waals surface area contributed by atoms with Crippen LogP contribution >= 0.6 is 11.3 Å². The van der Waals surface area contributed by atoms with E-state index in [0.717, 1.165) is 35.7 Å². The lowest BCUT2D eigenvalue weighted by Gasteiger charge is -2.13. The number of aryl methyl sites for hydroxylation is 1. The molecule has 158 valence electrons. The van der Waals surface area contributed by atoms with E-state index in [2.05, 4.69) is 14.9 Å². The van der Waals surface area contributed by atoms with E-state index in [1.807, 2.05) is 37.4 Å². The number of sulfonamides is 1. The lowest BCUT2D eigenvalue weighted by Crippen LogP contribution is -2.27. The smallest absolute Gasteiger partial charge is 0.252 e. The van der Waals surface area contributed by atoms with Gasteiger partial charge in [-0.1, -0.05) is 12.1 Å². The molecule has 30 heavy (non-hydrogen) atoms. The Morgan fingerprint density at radius 1 is 1.13 bits per heavy atom. The largest absolute Gasteiger partial charge is 0.331 e. The van der Waals surface area contributed by atoms with Crippen LogP contribution in [-0.2, 0) is 27.8 Å². The number of nitrogens with one attached hydrogen (secondary N) is 1. The summed E-state index contributed by atoms with van der Waals surface area (Å²) in [5.74, 6) is 0.787. The molecule has 7 nitrogen and oxygen atoms in total. The maximum atomic E-state index is 12.6. The van der Waals surface area contributed by atoms with E-state index in [0.29, 0.717) is 23.0 Å². The second-order valence-electron chi connectivity index (χ2n) is 7.36. The zero-order valence-electron chi connectivity index (χ0n) is 16.7. The highest BCUT2D eigenvalue weighted by Gasteiger charge is 2.28. The molecule has 1 N–H and O–H groups in total. The van der Waals surface area contributed by atoms with E-state index in [1.54, 1.807) is 18.3 Å². The molecule has 0 unspecified atom stereocenters. The Morgan fingerprint density at radius 2 is 1.87 bits per heavy atom. The van der Waals surface area contributed by atoms with Gasteiger partial charge in [-0.05, 0) is 49.6 Å². The van der Waals surface area contributed by atoms with Gasteiger partial charge in [0.1, 0.15) is 10.0 Å². The summed E-state index contributed by atoms with van der Waals surface area (Å²) < 4.78 is 29.1. The molecule has 0 spiro atoms. The molecule has 1 aliphatic heterocycles. The lowest BCUT2D eigenvalue weighted by atomic mass is 10.2. The quantitative estimate of drug-likeness (QED) is 0.606. The molecule has 1 fully saturated rings. The van der Waals surface area contributed by atoms with Crippen LogP contribution < -0.4 is 5.32 Å². The van der Waals surface area contributed by atoms with Gasteiger partial charge in [0, 0.05) is 42.6 Å². The Kier molecular flexibility index (Phi) is 6.03. The fourth-order valence-electron chi connectivity index (χ4n) is 3.47. The maximum Gasteiger partial charge on any atom is 0.252 e. The summed E-state index contributed by atoms with van der Waals surface area (Å²) >= 11 is 1.17. The van der Waals surface area contributed by atoms with Crippen molar-refractivity contribution in [3.05, 3.63) is 65.1 Å². The molecule has 0 saturated carbocycles. The van der Waals surface area contributed by atoms with E-state index in [1.165, 1.54) is 15.6 Å². The second-order valence-corrected chi connectivity index (χ2v) is 10.7. The number of benzene rings is 1. The zero-order chi connectivity index (χ0) is 21.1. The van der Waals surface area contributed by atoms with Crippen molar-refractivity contribution >= 4 is 33.0 Å². The predicted octanol–water partition coefficient (Wildman–Crippen LogP) is 3.27. The van der Waals surface area contributed by atoms with Crippen molar-refractivity contribution in [1.29, 1.82) is 0 Å². The number of carbonyl (C=O) groups excluding carboxylic acids is 1. The monoisotopic (exact) mass is 444 g/mol. The van der Waals surface area contributed by atoms with Crippen LogP contribution in [0.15, 0.2) is 53.0 Å². The van der Waals surface area contributed by atoms with Crippen LogP contribution in [0.4, 0.5) is 5.69 Å². The fourth-order valence-corrected chi connectivity index (χ4v) is 6.50. The van der Waals surface area contributed by atoms with Gasteiger partial charge >= 0.3 is 0 Å². The minimum Gasteiger partial charge on any atom is -0.331 e. The maximum absolute atomic E-state index is 12.6. The topological polar surface area (TPSA) is 84.3 Å². The van der Waals surface area contributed by atoms with Gasteiger partial charge < -0.3 is 9.88 Å². The second kappa shape index (κ2) is 8.71. The summed E-state index contributed by atoms with van der Waals surface area (Å²) in [5.41, 5.74) is 1.83. The first-order valence-corrected chi connectivity index (χ1v) is 12.1. The molecule has 1 aliphatic rings. The Balaban J connectivity index is 1.35. The molecular weight excluding hydrogens is 420 g/mol. The summed E-state index contributed by atoms with van der Waals surface area (Å²) in [4.78, 5) is 17.4. The number of thiophene rings is 1. The Morgan fingerprint density at radius 3 is 2.53 bits per heavy atom. The minimum atomic E-state index is -3.43. The van der Waals surface area contributed by atoms with Crippen molar-refractivity contribution in [3.8, 4) is 0 Å². The third-order valence-corrected chi connectivity index (χ3v) is 8.60. The van der Waals surface area contributed by atoms with Gasteiger partial charge in [0.15, 0.2) is 0 Å². The first kappa shape index (κ1) is 20.8. The molecule has 2 aromatic heterocycles. The summed E-state index contributed by atoms with van der Waals surface area (Å²) in [7, 11) is -3.43. The molecule has 4 rings (SSSR count). The third-order valence-electron chi connectivity index (χ3n) is 5.15. The number of amides is 1. The minimum absolute atomic E-state index is 0.149. The van der Waals surface area contributed by atoms with Crippen LogP contribution in [0.25, 0.3) is 0 Å². The Hall–Kier alpha value is -2.49. The predicted molar refractivity (Wildman–Crippen MR) is 117 cm³/mol. The lowest BCUT2D eigenvalue weighted by molar-refractivity contribution is -0.115. The van der Waals surface area contributed by atoms with Gasteiger partial charge in [0.25, 0.3) is 10.0 Å². The average molecular weight is 445 g/mol. The highest BCUT2D eigenvalue weighted by atomic mass is 32.2. The van der Waals surface area contributed by atoms with Crippen LogP contribution in [0, 0.1) is 6.92 Å². The number of imidazole rings is 1. The SMILES string of the molecule is Cc1nccn1Cc1ccc(NC(=O)Cc2ccc(S(=O)(=O)N3CCCC3)s2)cc1. The van der Waals surface area contributed by atoms with E-state index in [9.17, 15) is 13.2 Å². The van der Waals surface area contributed by atoms with E-state index in [-0.39, 0.29) is 12.3 Å². The van der Waals surface area contributed by atoms with Crippen molar-refractivity contribution < 1.29 is 13.2 Å². The molecular formula is C21H24N4O3S2. The average Bonchev–Trinajstić information content (AvgIpc) is 3.47. The number of anilines is 1. The molecule has 9 heteroatoms. The van der Waals surface area contributed by atoms with Crippen molar-refractivity contribution in [2.75, 3.05) is 18.4 Å². The van der Waals surface area contributed by atoms with E-state index in [4.69, 9.17) is 0 Å². The van der Waals surface area contributed by atoms with Gasteiger partial charge in [-0.3, -0.25) is 4.79 Å². The summed E-state index contributed by atoms with van der Waals surface area (Å²) in [6.07, 6.45) is 5.66. The molecule has 1 amide bonds. The molecule has 1 aromatic carbocycles. The van der Waals surface area contributed by atoms with Gasteiger partial charge in [-0.2, -0.15) is 4.31 Å². The van der Waals surface area contributed by atoms with E-state index < -0.39 is 10.0 Å². The van der Waals surface area contributed by atoms with Gasteiger partial charge in [0.2, 0.25) is 5.91 Å². The number of rotatable bonds is 7. The van der Waals surface area contributed by atoms with Crippen molar-refractivity contribution in [1.82, 2.24) is 13.9 Å². The van der Waals surface area contributed by atoms with Crippen LogP contribution in [0.3, 0.4) is 0 Å². The highest BCUT2D eigenvalue weighted by Crippen LogP contribution is 2.27. The number of carbonyl (C=O) groups is 1. The molecule has 0 aliphatic carbocycles. The summed E-state index contributed by atoms with van der Waals surface area (Å²) in [6, 6.07) is 11.0. The summed E-state index contributed by atoms with van der Waals surface area (Å²) in [6.45, 7) is 3.84. The molecule has 1 saturated heterocycles. The Labute approximate surface area is 180 Å². The number of hydrogen-bond acceptors (Lipinski definition) is 5.